The zero-order valence-corrected chi connectivity index (χ0v) is 12.8. The van der Waals surface area contributed by atoms with Crippen LogP contribution in [0.25, 0.3) is 10.4 Å². The molecule has 1 aliphatic carbocycles. The van der Waals surface area contributed by atoms with Crippen LogP contribution in [0.3, 0.4) is 0 Å². The van der Waals surface area contributed by atoms with Crippen molar-refractivity contribution in [1.29, 1.82) is 5.26 Å². The van der Waals surface area contributed by atoms with Crippen LogP contribution < -0.4 is 10.6 Å². The van der Waals surface area contributed by atoms with E-state index < -0.39 is 0 Å². The molecule has 1 aromatic carbocycles. The maximum absolute atomic E-state index is 12.3. The van der Waals surface area contributed by atoms with Gasteiger partial charge in [0, 0.05) is 18.2 Å². The lowest BCUT2D eigenvalue weighted by Gasteiger charge is -2.09. The summed E-state index contributed by atoms with van der Waals surface area (Å²) in [6.07, 6.45) is 6.10. The molecular formula is C16H16N4OS. The molecular weight excluding hydrogens is 296 g/mol. The minimum atomic E-state index is -0.0464. The Morgan fingerprint density at radius 3 is 2.91 bits per heavy atom. The van der Waals surface area contributed by atoms with Crippen LogP contribution in [0, 0.1) is 17.4 Å². The molecule has 3 rings (SSSR count). The van der Waals surface area contributed by atoms with E-state index in [1.54, 1.807) is 6.20 Å². The monoisotopic (exact) mass is 312 g/mol. The van der Waals surface area contributed by atoms with Gasteiger partial charge in [0.05, 0.1) is 4.88 Å². The van der Waals surface area contributed by atoms with Gasteiger partial charge in [-0.1, -0.05) is 41.7 Å². The summed E-state index contributed by atoms with van der Waals surface area (Å²) in [4.78, 5) is 17.6. The number of carbonyl (C=O) groups excluding carboxylic acids is 1. The number of hydrogen-bond acceptors (Lipinski definition) is 5. The van der Waals surface area contributed by atoms with E-state index in [2.05, 4.69) is 15.6 Å². The van der Waals surface area contributed by atoms with Gasteiger partial charge in [-0.3, -0.25) is 4.79 Å². The van der Waals surface area contributed by atoms with Crippen LogP contribution in [0.15, 0.2) is 36.5 Å². The number of nitriles is 1. The number of nitrogens with zero attached hydrogens (tertiary/aromatic N) is 2. The highest BCUT2D eigenvalue weighted by Gasteiger charge is 2.30. The standard InChI is InChI=1S/C16H16N4OS/c17-10-19-13-7-6-12(8-13)15(21)20-16-18-9-14(22-16)11-4-2-1-3-5-11/h1-5,9,12-13,19H,6-8H2,(H,18,20,21)/t12-,13+/m1/s1. The molecule has 1 amide bonds. The van der Waals surface area contributed by atoms with Crippen LogP contribution in [-0.4, -0.2) is 16.9 Å². The van der Waals surface area contributed by atoms with E-state index in [0.29, 0.717) is 11.6 Å². The average molecular weight is 312 g/mol. The molecule has 22 heavy (non-hydrogen) atoms. The van der Waals surface area contributed by atoms with Gasteiger partial charge < -0.3 is 10.6 Å². The number of rotatable bonds is 4. The normalized spacial score (nSPS) is 20.3. The molecule has 112 valence electrons. The summed E-state index contributed by atoms with van der Waals surface area (Å²) in [6.45, 7) is 0. The summed E-state index contributed by atoms with van der Waals surface area (Å²) < 4.78 is 0. The first kappa shape index (κ1) is 14.5. The zero-order chi connectivity index (χ0) is 15.4. The summed E-state index contributed by atoms with van der Waals surface area (Å²) in [7, 11) is 0. The van der Waals surface area contributed by atoms with Gasteiger partial charge in [0.25, 0.3) is 0 Å². The number of nitrogens with one attached hydrogen (secondary N) is 2. The van der Waals surface area contributed by atoms with Crippen molar-refractivity contribution in [2.24, 2.45) is 5.92 Å². The Balaban J connectivity index is 1.61. The second kappa shape index (κ2) is 6.58. The van der Waals surface area contributed by atoms with Crippen LogP contribution in [0.4, 0.5) is 5.13 Å². The summed E-state index contributed by atoms with van der Waals surface area (Å²) in [5.74, 6) is -0.0499. The van der Waals surface area contributed by atoms with Crippen molar-refractivity contribution in [2.45, 2.75) is 25.3 Å². The fourth-order valence-electron chi connectivity index (χ4n) is 2.72. The molecule has 1 heterocycles. The van der Waals surface area contributed by atoms with Gasteiger partial charge in [0.2, 0.25) is 5.91 Å². The molecule has 0 unspecified atom stereocenters. The second-order valence-electron chi connectivity index (χ2n) is 5.35. The van der Waals surface area contributed by atoms with Crippen molar-refractivity contribution in [3.05, 3.63) is 36.5 Å². The van der Waals surface area contributed by atoms with Gasteiger partial charge in [-0.15, -0.1) is 0 Å². The summed E-state index contributed by atoms with van der Waals surface area (Å²) in [5, 5.41) is 14.9. The van der Waals surface area contributed by atoms with Crippen LogP contribution in [-0.2, 0) is 4.79 Å². The largest absolute Gasteiger partial charge is 0.321 e. The number of amides is 1. The quantitative estimate of drug-likeness (QED) is 0.672. The first-order chi connectivity index (χ1) is 10.8. The number of thiazole rings is 1. The molecule has 2 aromatic rings. The zero-order valence-electron chi connectivity index (χ0n) is 12.0. The third kappa shape index (κ3) is 3.26. The Kier molecular flexibility index (Phi) is 4.35. The molecule has 0 saturated heterocycles. The van der Waals surface area contributed by atoms with E-state index in [0.717, 1.165) is 23.3 Å². The van der Waals surface area contributed by atoms with Gasteiger partial charge in [-0.05, 0) is 24.8 Å². The highest BCUT2D eigenvalue weighted by Crippen LogP contribution is 2.31. The predicted molar refractivity (Wildman–Crippen MR) is 86.1 cm³/mol. The lowest BCUT2D eigenvalue weighted by atomic mass is 10.1. The molecule has 1 fully saturated rings. The van der Waals surface area contributed by atoms with E-state index in [-0.39, 0.29) is 17.9 Å². The summed E-state index contributed by atoms with van der Waals surface area (Å²) in [5.41, 5.74) is 1.10. The van der Waals surface area contributed by atoms with Crippen molar-refractivity contribution < 1.29 is 4.79 Å². The average Bonchev–Trinajstić information content (AvgIpc) is 3.18. The second-order valence-corrected chi connectivity index (χ2v) is 6.38. The molecule has 0 spiro atoms. The van der Waals surface area contributed by atoms with Gasteiger partial charge in [0.1, 0.15) is 0 Å². The molecule has 2 N–H and O–H groups in total. The Hall–Kier alpha value is -2.39. The number of aromatic nitrogens is 1. The Bertz CT molecular complexity index is 692. The van der Waals surface area contributed by atoms with Gasteiger partial charge in [-0.2, -0.15) is 5.26 Å². The van der Waals surface area contributed by atoms with E-state index in [1.807, 2.05) is 36.5 Å². The summed E-state index contributed by atoms with van der Waals surface area (Å²) >= 11 is 1.47. The Morgan fingerprint density at radius 2 is 2.14 bits per heavy atom. The number of hydrogen-bond donors (Lipinski definition) is 2. The smallest absolute Gasteiger partial charge is 0.229 e. The molecule has 1 aromatic heterocycles. The van der Waals surface area contributed by atoms with Crippen LogP contribution >= 0.6 is 11.3 Å². The number of carbonyl (C=O) groups is 1. The van der Waals surface area contributed by atoms with Crippen LogP contribution in [0.1, 0.15) is 19.3 Å². The maximum atomic E-state index is 12.3. The van der Waals surface area contributed by atoms with E-state index in [9.17, 15) is 4.79 Å². The third-order valence-corrected chi connectivity index (χ3v) is 4.83. The molecule has 2 atom stereocenters. The van der Waals surface area contributed by atoms with Crippen molar-refractivity contribution in [3.8, 4) is 16.6 Å². The third-order valence-electron chi connectivity index (χ3n) is 3.87. The first-order valence-electron chi connectivity index (χ1n) is 7.23. The Labute approximate surface area is 133 Å². The molecule has 0 aliphatic heterocycles. The van der Waals surface area contributed by atoms with E-state index in [1.165, 1.54) is 11.3 Å². The fourth-order valence-corrected chi connectivity index (χ4v) is 3.54. The highest BCUT2D eigenvalue weighted by molar-refractivity contribution is 7.19. The number of anilines is 1. The van der Waals surface area contributed by atoms with E-state index in [4.69, 9.17) is 5.26 Å². The van der Waals surface area contributed by atoms with Crippen molar-refractivity contribution in [1.82, 2.24) is 10.3 Å². The van der Waals surface area contributed by atoms with Crippen molar-refractivity contribution in [2.75, 3.05) is 5.32 Å². The molecule has 5 nitrogen and oxygen atoms in total. The topological polar surface area (TPSA) is 77.8 Å². The lowest BCUT2D eigenvalue weighted by Crippen LogP contribution is -2.25. The molecule has 6 heteroatoms. The van der Waals surface area contributed by atoms with Gasteiger partial charge in [0.15, 0.2) is 11.3 Å². The minimum absolute atomic E-state index is 0.00352. The fraction of sp³-hybridized carbons (Fsp3) is 0.312. The van der Waals surface area contributed by atoms with Crippen LogP contribution in [0.5, 0.6) is 0 Å². The van der Waals surface area contributed by atoms with Crippen molar-refractivity contribution in [3.63, 3.8) is 0 Å². The first-order valence-corrected chi connectivity index (χ1v) is 8.04. The van der Waals surface area contributed by atoms with Crippen molar-refractivity contribution >= 4 is 22.4 Å². The molecule has 0 bridgehead atoms. The number of benzene rings is 1. The van der Waals surface area contributed by atoms with Gasteiger partial charge in [-0.25, -0.2) is 4.98 Å². The SMILES string of the molecule is N#CN[C@H]1CC[C@@H](C(=O)Nc2ncc(-c3ccccc3)s2)C1. The molecule has 1 aliphatic rings. The maximum Gasteiger partial charge on any atom is 0.229 e. The van der Waals surface area contributed by atoms with Gasteiger partial charge >= 0.3 is 0 Å². The highest BCUT2D eigenvalue weighted by atomic mass is 32.1. The summed E-state index contributed by atoms with van der Waals surface area (Å²) in [6, 6.07) is 10.1. The molecule has 1 saturated carbocycles. The van der Waals surface area contributed by atoms with E-state index >= 15 is 0 Å². The minimum Gasteiger partial charge on any atom is -0.321 e. The predicted octanol–water partition coefficient (Wildman–Crippen LogP) is 2.99. The van der Waals surface area contributed by atoms with Crippen LogP contribution in [0.2, 0.25) is 0 Å². The Morgan fingerprint density at radius 1 is 1.32 bits per heavy atom. The molecule has 0 radical (unpaired) electrons. The lowest BCUT2D eigenvalue weighted by molar-refractivity contribution is -0.119.